The maximum atomic E-state index is 10.3. The van der Waals surface area contributed by atoms with Gasteiger partial charge in [0.1, 0.15) is 0 Å². The minimum atomic E-state index is -0.525. The summed E-state index contributed by atoms with van der Waals surface area (Å²) in [7, 11) is 0. The smallest absolute Gasteiger partial charge is 0.363 e. The predicted octanol–water partition coefficient (Wildman–Crippen LogP) is 1.98. The molecule has 1 heterocycles. The van der Waals surface area contributed by atoms with Crippen molar-refractivity contribution in [2.24, 2.45) is 0 Å². The minimum Gasteiger partial charge on any atom is -0.378 e. The molecule has 5 nitrogen and oxygen atoms in total. The molecular formula is C9H11N3O2. The van der Waals surface area contributed by atoms with E-state index in [-0.39, 0.29) is 5.82 Å². The molecular weight excluding hydrogens is 182 g/mol. The number of pyridine rings is 1. The Morgan fingerprint density at radius 3 is 2.86 bits per heavy atom. The lowest BCUT2D eigenvalue weighted by Crippen LogP contribution is -2.02. The minimum absolute atomic E-state index is 0.147. The lowest BCUT2D eigenvalue weighted by molar-refractivity contribution is -0.389. The van der Waals surface area contributed by atoms with Gasteiger partial charge in [-0.05, 0) is 22.9 Å². The molecule has 0 unspecified atom stereocenters. The molecule has 0 bridgehead atoms. The molecule has 0 saturated heterocycles. The third kappa shape index (κ3) is 2.85. The highest BCUT2D eigenvalue weighted by Gasteiger charge is 2.05. The van der Waals surface area contributed by atoms with Gasteiger partial charge in [-0.2, -0.15) is 0 Å². The number of nitrogens with zero attached hydrogens (tertiary/aromatic N) is 2. The molecule has 0 radical (unpaired) electrons. The molecule has 74 valence electrons. The van der Waals surface area contributed by atoms with Gasteiger partial charge in [-0.1, -0.05) is 12.2 Å². The van der Waals surface area contributed by atoms with Crippen molar-refractivity contribution in [1.82, 2.24) is 4.98 Å². The molecule has 1 rings (SSSR count). The van der Waals surface area contributed by atoms with Crippen LogP contribution in [0.1, 0.15) is 6.92 Å². The summed E-state index contributed by atoms with van der Waals surface area (Å²) in [5, 5.41) is 13.3. The molecule has 0 aliphatic heterocycles. The zero-order valence-electron chi connectivity index (χ0n) is 7.86. The Labute approximate surface area is 81.6 Å². The van der Waals surface area contributed by atoms with Crippen LogP contribution in [0.3, 0.4) is 0 Å². The first kappa shape index (κ1) is 10.2. The van der Waals surface area contributed by atoms with E-state index in [9.17, 15) is 10.1 Å². The predicted molar refractivity (Wildman–Crippen MR) is 54.2 cm³/mol. The molecule has 1 aromatic rings. The van der Waals surface area contributed by atoms with E-state index < -0.39 is 4.92 Å². The van der Waals surface area contributed by atoms with Crippen LogP contribution in [0.15, 0.2) is 30.5 Å². The van der Waals surface area contributed by atoms with Crippen LogP contribution in [-0.2, 0) is 0 Å². The number of nitro groups is 1. The molecule has 0 aliphatic carbocycles. The van der Waals surface area contributed by atoms with Crippen LogP contribution in [0.2, 0.25) is 0 Å². The summed E-state index contributed by atoms with van der Waals surface area (Å²) < 4.78 is 0. The number of rotatable bonds is 4. The molecule has 0 fully saturated rings. The average molecular weight is 193 g/mol. The van der Waals surface area contributed by atoms with Crippen LogP contribution >= 0.6 is 0 Å². The van der Waals surface area contributed by atoms with E-state index >= 15 is 0 Å². The molecule has 0 amide bonds. The van der Waals surface area contributed by atoms with Gasteiger partial charge in [0.25, 0.3) is 0 Å². The van der Waals surface area contributed by atoms with E-state index in [0.29, 0.717) is 6.54 Å². The number of anilines is 1. The summed E-state index contributed by atoms with van der Waals surface area (Å²) in [6, 6.07) is 2.98. The van der Waals surface area contributed by atoms with Crippen LogP contribution in [0.4, 0.5) is 11.5 Å². The maximum absolute atomic E-state index is 10.3. The first-order chi connectivity index (χ1) is 6.59. The zero-order chi connectivity index (χ0) is 10.6. The summed E-state index contributed by atoms with van der Waals surface area (Å²) in [4.78, 5) is 13.4. The standard InChI is InChI=1S/C9H11N3O2/c1-7(2)5-10-8-3-4-9(11-6-8)12(13)14/h3-4,6,10H,1,5H2,2H3. The van der Waals surface area contributed by atoms with Crippen molar-refractivity contribution in [1.29, 1.82) is 0 Å². The van der Waals surface area contributed by atoms with E-state index in [1.807, 2.05) is 6.92 Å². The second-order valence-corrected chi connectivity index (χ2v) is 2.97. The molecule has 0 spiro atoms. The molecule has 0 saturated carbocycles. The molecule has 0 atom stereocenters. The van der Waals surface area contributed by atoms with Crippen molar-refractivity contribution >= 4 is 11.5 Å². The number of aromatic nitrogens is 1. The highest BCUT2D eigenvalue weighted by Crippen LogP contribution is 2.11. The molecule has 5 heteroatoms. The number of hydrogen-bond acceptors (Lipinski definition) is 4. The van der Waals surface area contributed by atoms with E-state index in [0.717, 1.165) is 11.3 Å². The van der Waals surface area contributed by atoms with Gasteiger partial charge in [0, 0.05) is 12.6 Å². The Bertz CT molecular complexity index is 346. The van der Waals surface area contributed by atoms with Gasteiger partial charge in [-0.25, -0.2) is 0 Å². The Morgan fingerprint density at radius 1 is 1.71 bits per heavy atom. The van der Waals surface area contributed by atoms with Crippen molar-refractivity contribution < 1.29 is 4.92 Å². The maximum Gasteiger partial charge on any atom is 0.363 e. The normalized spacial score (nSPS) is 9.50. The van der Waals surface area contributed by atoms with Crippen molar-refractivity contribution in [3.05, 3.63) is 40.6 Å². The average Bonchev–Trinajstić information content (AvgIpc) is 2.15. The van der Waals surface area contributed by atoms with Crippen molar-refractivity contribution in [3.63, 3.8) is 0 Å². The monoisotopic (exact) mass is 193 g/mol. The van der Waals surface area contributed by atoms with E-state index in [2.05, 4.69) is 16.9 Å². The summed E-state index contributed by atoms with van der Waals surface area (Å²) in [6.07, 6.45) is 1.43. The Hall–Kier alpha value is -1.91. The van der Waals surface area contributed by atoms with Crippen molar-refractivity contribution in [2.75, 3.05) is 11.9 Å². The Balaban J connectivity index is 2.64. The zero-order valence-corrected chi connectivity index (χ0v) is 7.86. The van der Waals surface area contributed by atoms with E-state index in [1.54, 1.807) is 6.07 Å². The van der Waals surface area contributed by atoms with Gasteiger partial charge in [0.15, 0.2) is 6.20 Å². The van der Waals surface area contributed by atoms with E-state index in [4.69, 9.17) is 0 Å². The van der Waals surface area contributed by atoms with E-state index in [1.165, 1.54) is 12.3 Å². The number of hydrogen-bond donors (Lipinski definition) is 1. The third-order valence-corrected chi connectivity index (χ3v) is 1.53. The first-order valence-corrected chi connectivity index (χ1v) is 4.08. The Kier molecular flexibility index (Phi) is 3.17. The lowest BCUT2D eigenvalue weighted by Gasteiger charge is -2.02. The highest BCUT2D eigenvalue weighted by molar-refractivity contribution is 5.44. The van der Waals surface area contributed by atoms with Crippen LogP contribution in [0, 0.1) is 10.1 Å². The lowest BCUT2D eigenvalue weighted by atomic mass is 10.3. The fourth-order valence-electron chi connectivity index (χ4n) is 0.852. The van der Waals surface area contributed by atoms with Crippen molar-refractivity contribution in [3.8, 4) is 0 Å². The largest absolute Gasteiger partial charge is 0.378 e. The molecule has 1 aromatic heterocycles. The van der Waals surface area contributed by atoms with Gasteiger partial charge >= 0.3 is 5.82 Å². The van der Waals surface area contributed by atoms with Gasteiger partial charge in [0.2, 0.25) is 0 Å². The fourth-order valence-corrected chi connectivity index (χ4v) is 0.852. The second kappa shape index (κ2) is 4.36. The van der Waals surface area contributed by atoms with Crippen LogP contribution in [-0.4, -0.2) is 16.5 Å². The fraction of sp³-hybridized carbons (Fsp3) is 0.222. The van der Waals surface area contributed by atoms with Gasteiger partial charge in [-0.3, -0.25) is 0 Å². The Morgan fingerprint density at radius 2 is 2.43 bits per heavy atom. The first-order valence-electron chi connectivity index (χ1n) is 4.08. The molecule has 1 N–H and O–H groups in total. The molecule has 0 aliphatic rings. The summed E-state index contributed by atoms with van der Waals surface area (Å²) in [5.41, 5.74) is 1.74. The van der Waals surface area contributed by atoms with Gasteiger partial charge < -0.3 is 15.4 Å². The van der Waals surface area contributed by atoms with Crippen LogP contribution < -0.4 is 5.32 Å². The van der Waals surface area contributed by atoms with Crippen molar-refractivity contribution in [2.45, 2.75) is 6.92 Å². The highest BCUT2D eigenvalue weighted by atomic mass is 16.6. The summed E-state index contributed by atoms with van der Waals surface area (Å²) in [5.74, 6) is -0.147. The topological polar surface area (TPSA) is 68.1 Å². The molecule has 14 heavy (non-hydrogen) atoms. The van der Waals surface area contributed by atoms with Crippen LogP contribution in [0.25, 0.3) is 0 Å². The second-order valence-electron chi connectivity index (χ2n) is 2.97. The van der Waals surface area contributed by atoms with Gasteiger partial charge in [-0.15, -0.1) is 0 Å². The number of nitrogens with one attached hydrogen (secondary N) is 1. The summed E-state index contributed by atoms with van der Waals surface area (Å²) in [6.45, 7) is 6.26. The van der Waals surface area contributed by atoms with Gasteiger partial charge in [0.05, 0.1) is 5.69 Å². The molecule has 0 aromatic carbocycles. The summed E-state index contributed by atoms with van der Waals surface area (Å²) >= 11 is 0. The third-order valence-electron chi connectivity index (χ3n) is 1.53. The quantitative estimate of drug-likeness (QED) is 0.451. The SMILES string of the molecule is C=C(C)CNc1ccc([N+](=O)[O-])nc1. The van der Waals surface area contributed by atoms with Crippen LogP contribution in [0.5, 0.6) is 0 Å².